The van der Waals surface area contributed by atoms with E-state index in [4.69, 9.17) is 10.9 Å². The normalized spacial score (nSPS) is 18.1. The van der Waals surface area contributed by atoms with Crippen LogP contribution in [0, 0.1) is 0 Å². The van der Waals surface area contributed by atoms with Gasteiger partial charge in [0.05, 0.1) is 4.90 Å². The first-order valence-electron chi connectivity index (χ1n) is 6.06. The maximum absolute atomic E-state index is 11.4. The van der Waals surface area contributed by atoms with Gasteiger partial charge in [0, 0.05) is 16.9 Å². The van der Waals surface area contributed by atoms with Crippen LogP contribution >= 0.6 is 0 Å². The van der Waals surface area contributed by atoms with Gasteiger partial charge in [-0.15, -0.1) is 0 Å². The van der Waals surface area contributed by atoms with Crippen LogP contribution in [0.4, 0.5) is 11.4 Å². The number of rotatable bonds is 4. The van der Waals surface area contributed by atoms with Crippen LogP contribution in [-0.2, 0) is 10.0 Å². The molecule has 0 aliphatic heterocycles. The van der Waals surface area contributed by atoms with Crippen LogP contribution in [0.25, 0.3) is 0 Å². The van der Waals surface area contributed by atoms with E-state index in [0.717, 1.165) is 24.9 Å². The number of sulfonamides is 1. The van der Waals surface area contributed by atoms with Crippen molar-refractivity contribution in [3.05, 3.63) is 18.2 Å². The number of nitrogen functional groups attached to an aromatic ring is 1. The Balaban J connectivity index is 2.31. The van der Waals surface area contributed by atoms with Gasteiger partial charge in [0.1, 0.15) is 0 Å². The first-order chi connectivity index (χ1) is 8.35. The van der Waals surface area contributed by atoms with E-state index in [1.54, 1.807) is 12.1 Å². The highest BCUT2D eigenvalue weighted by molar-refractivity contribution is 7.89. The lowest BCUT2D eigenvalue weighted by molar-refractivity contribution is 0.269. The van der Waals surface area contributed by atoms with Crippen molar-refractivity contribution in [2.24, 2.45) is 5.14 Å². The lowest BCUT2D eigenvalue weighted by Gasteiger charge is -2.43. The van der Waals surface area contributed by atoms with Crippen LogP contribution in [0.2, 0.25) is 0 Å². The molecule has 2 rings (SSSR count). The molecule has 0 radical (unpaired) electrons. The highest BCUT2D eigenvalue weighted by atomic mass is 32.2. The molecule has 0 unspecified atom stereocenters. The summed E-state index contributed by atoms with van der Waals surface area (Å²) in [7, 11) is -3.72. The molecule has 5 nitrogen and oxygen atoms in total. The van der Waals surface area contributed by atoms with Gasteiger partial charge in [-0.2, -0.15) is 0 Å². The van der Waals surface area contributed by atoms with E-state index in [9.17, 15) is 8.42 Å². The van der Waals surface area contributed by atoms with Gasteiger partial charge in [-0.05, 0) is 43.9 Å². The van der Waals surface area contributed by atoms with Gasteiger partial charge < -0.3 is 11.1 Å². The Kier molecular flexibility index (Phi) is 3.25. The predicted molar refractivity (Wildman–Crippen MR) is 72.7 cm³/mol. The molecule has 1 saturated carbocycles. The average Bonchev–Trinajstić information content (AvgIpc) is 2.21. The van der Waals surface area contributed by atoms with Gasteiger partial charge in [0.15, 0.2) is 0 Å². The largest absolute Gasteiger partial charge is 0.399 e. The fourth-order valence-corrected chi connectivity index (χ4v) is 2.93. The molecular formula is C12H19N3O2S. The molecule has 6 heteroatoms. The lowest BCUT2D eigenvalue weighted by atomic mass is 9.74. The highest BCUT2D eigenvalue weighted by Crippen LogP contribution is 2.38. The quantitative estimate of drug-likeness (QED) is 0.724. The van der Waals surface area contributed by atoms with Crippen LogP contribution in [0.3, 0.4) is 0 Å². The Labute approximate surface area is 108 Å². The molecule has 0 bridgehead atoms. The van der Waals surface area contributed by atoms with Gasteiger partial charge in [0.2, 0.25) is 10.0 Å². The summed E-state index contributed by atoms with van der Waals surface area (Å²) in [5.74, 6) is 0. The summed E-state index contributed by atoms with van der Waals surface area (Å²) in [6.45, 7) is 2.12. The van der Waals surface area contributed by atoms with Crippen molar-refractivity contribution in [2.75, 3.05) is 11.1 Å². The molecule has 0 amide bonds. The van der Waals surface area contributed by atoms with Crippen molar-refractivity contribution in [2.45, 2.75) is 43.0 Å². The topological polar surface area (TPSA) is 98.2 Å². The maximum atomic E-state index is 11.4. The highest BCUT2D eigenvalue weighted by Gasteiger charge is 2.34. The summed E-state index contributed by atoms with van der Waals surface area (Å²) >= 11 is 0. The summed E-state index contributed by atoms with van der Waals surface area (Å²) in [4.78, 5) is 0.0515. The summed E-state index contributed by atoms with van der Waals surface area (Å²) < 4.78 is 22.7. The van der Waals surface area contributed by atoms with Gasteiger partial charge in [-0.1, -0.05) is 6.92 Å². The van der Waals surface area contributed by atoms with E-state index >= 15 is 0 Å². The number of nitrogens with two attached hydrogens (primary N) is 2. The molecule has 18 heavy (non-hydrogen) atoms. The molecule has 100 valence electrons. The number of hydrogen-bond acceptors (Lipinski definition) is 4. The van der Waals surface area contributed by atoms with Crippen molar-refractivity contribution < 1.29 is 8.42 Å². The number of benzene rings is 1. The number of hydrogen-bond donors (Lipinski definition) is 3. The molecule has 1 aliphatic rings. The van der Waals surface area contributed by atoms with Gasteiger partial charge in [-0.25, -0.2) is 13.6 Å². The van der Waals surface area contributed by atoms with Gasteiger partial charge in [-0.3, -0.25) is 0 Å². The summed E-state index contributed by atoms with van der Waals surface area (Å²) in [6, 6.07) is 4.66. The van der Waals surface area contributed by atoms with E-state index in [1.807, 2.05) is 0 Å². The third kappa shape index (κ3) is 2.59. The van der Waals surface area contributed by atoms with Crippen LogP contribution in [-0.4, -0.2) is 14.0 Å². The first-order valence-corrected chi connectivity index (χ1v) is 7.61. The summed E-state index contributed by atoms with van der Waals surface area (Å²) in [6.07, 6.45) is 4.41. The van der Waals surface area contributed by atoms with Crippen LogP contribution in [0.5, 0.6) is 0 Å². The molecule has 0 saturated heterocycles. The third-order valence-corrected chi connectivity index (χ3v) is 4.55. The van der Waals surface area contributed by atoms with Crippen molar-refractivity contribution in [1.29, 1.82) is 0 Å². The summed E-state index contributed by atoms with van der Waals surface area (Å²) in [5.41, 5.74) is 6.92. The molecule has 0 spiro atoms. The molecule has 1 fully saturated rings. The second kappa shape index (κ2) is 4.44. The fourth-order valence-electron chi connectivity index (χ4n) is 2.34. The first kappa shape index (κ1) is 13.2. The number of primary sulfonamides is 1. The van der Waals surface area contributed by atoms with Crippen LogP contribution in [0.1, 0.15) is 32.6 Å². The van der Waals surface area contributed by atoms with E-state index in [-0.39, 0.29) is 10.4 Å². The second-order valence-corrected chi connectivity index (χ2v) is 6.51. The minimum atomic E-state index is -3.72. The van der Waals surface area contributed by atoms with E-state index in [2.05, 4.69) is 12.2 Å². The zero-order valence-electron chi connectivity index (χ0n) is 10.4. The second-order valence-electron chi connectivity index (χ2n) is 4.95. The Morgan fingerprint density at radius 1 is 1.33 bits per heavy atom. The SMILES string of the molecule is CCC1(Nc2cc(N)cc(S(N)(=O)=O)c2)CCC1. The van der Waals surface area contributed by atoms with Gasteiger partial charge in [0.25, 0.3) is 0 Å². The van der Waals surface area contributed by atoms with Crippen molar-refractivity contribution in [1.82, 2.24) is 0 Å². The molecule has 5 N–H and O–H groups in total. The fraction of sp³-hybridized carbons (Fsp3) is 0.500. The van der Waals surface area contributed by atoms with E-state index < -0.39 is 10.0 Å². The maximum Gasteiger partial charge on any atom is 0.238 e. The molecule has 0 atom stereocenters. The Hall–Kier alpha value is -1.27. The molecule has 1 aliphatic carbocycles. The molecular weight excluding hydrogens is 250 g/mol. The predicted octanol–water partition coefficient (Wildman–Crippen LogP) is 1.66. The average molecular weight is 269 g/mol. The third-order valence-electron chi connectivity index (χ3n) is 3.65. The van der Waals surface area contributed by atoms with E-state index in [1.165, 1.54) is 12.5 Å². The smallest absolute Gasteiger partial charge is 0.238 e. The zero-order chi connectivity index (χ0) is 13.4. The number of nitrogens with one attached hydrogen (secondary N) is 1. The Bertz CT molecular complexity index is 545. The van der Waals surface area contributed by atoms with Crippen molar-refractivity contribution >= 4 is 21.4 Å². The van der Waals surface area contributed by atoms with Crippen LogP contribution < -0.4 is 16.2 Å². The Morgan fingerprint density at radius 2 is 2.00 bits per heavy atom. The molecule has 0 heterocycles. The van der Waals surface area contributed by atoms with Crippen molar-refractivity contribution in [3.8, 4) is 0 Å². The number of anilines is 2. The van der Waals surface area contributed by atoms with E-state index in [0.29, 0.717) is 5.69 Å². The molecule has 1 aromatic rings. The monoisotopic (exact) mass is 269 g/mol. The standard InChI is InChI=1S/C12H19N3O2S/c1-2-12(4-3-5-12)15-10-6-9(13)7-11(8-10)18(14,16)17/h6-8,15H,2-5,13H2,1H3,(H2,14,16,17). The molecule has 0 aromatic heterocycles. The Morgan fingerprint density at radius 3 is 2.44 bits per heavy atom. The van der Waals surface area contributed by atoms with Gasteiger partial charge >= 0.3 is 0 Å². The minimum Gasteiger partial charge on any atom is -0.399 e. The van der Waals surface area contributed by atoms with Crippen LogP contribution in [0.15, 0.2) is 23.1 Å². The summed E-state index contributed by atoms with van der Waals surface area (Å²) in [5, 5.41) is 8.52. The lowest BCUT2D eigenvalue weighted by Crippen LogP contribution is -2.44. The minimum absolute atomic E-state index is 0.0515. The zero-order valence-corrected chi connectivity index (χ0v) is 11.3. The molecule has 1 aromatic carbocycles. The van der Waals surface area contributed by atoms with Crippen molar-refractivity contribution in [3.63, 3.8) is 0 Å².